The maximum Gasteiger partial charge on any atom is 0.335 e. The van der Waals surface area contributed by atoms with E-state index in [2.05, 4.69) is 21.2 Å². The third kappa shape index (κ3) is 3.52. The van der Waals surface area contributed by atoms with Gasteiger partial charge in [-0.2, -0.15) is 5.10 Å². The van der Waals surface area contributed by atoms with Crippen LogP contribution in [0.3, 0.4) is 0 Å². The van der Waals surface area contributed by atoms with Gasteiger partial charge in [0.2, 0.25) is 0 Å². The molecule has 3 aromatic rings. The Balaban J connectivity index is 1.90. The minimum Gasteiger partial charge on any atom is -0.478 e. The average Bonchev–Trinajstić information content (AvgIpc) is 2.90. The number of anilines is 1. The highest BCUT2D eigenvalue weighted by Gasteiger charge is 2.13. The van der Waals surface area contributed by atoms with Gasteiger partial charge in [0, 0.05) is 22.6 Å². The first-order valence-corrected chi connectivity index (χ1v) is 8.35. The van der Waals surface area contributed by atoms with Crippen molar-refractivity contribution < 1.29 is 9.90 Å². The van der Waals surface area contributed by atoms with E-state index >= 15 is 0 Å². The number of carbonyl (C=O) groups is 1. The lowest BCUT2D eigenvalue weighted by molar-refractivity contribution is 0.0697. The first-order chi connectivity index (χ1) is 12.5. The number of carboxylic acid groups (broad SMARTS) is 1. The molecule has 0 amide bonds. The second-order valence-corrected chi connectivity index (χ2v) is 6.20. The van der Waals surface area contributed by atoms with E-state index in [4.69, 9.17) is 5.11 Å². The fraction of sp³-hybridized carbons (Fsp3) is 0.143. The fourth-order valence-electron chi connectivity index (χ4n) is 3.02. The molecule has 0 fully saturated rings. The number of hydrazone groups is 1. The van der Waals surface area contributed by atoms with Crippen LogP contribution >= 0.6 is 0 Å². The summed E-state index contributed by atoms with van der Waals surface area (Å²) >= 11 is 0. The summed E-state index contributed by atoms with van der Waals surface area (Å²) in [6, 6.07) is 17.0. The van der Waals surface area contributed by atoms with Crippen molar-refractivity contribution in [3.8, 4) is 5.69 Å². The van der Waals surface area contributed by atoms with E-state index < -0.39 is 5.97 Å². The van der Waals surface area contributed by atoms with E-state index in [9.17, 15) is 4.79 Å². The number of rotatable bonds is 5. The van der Waals surface area contributed by atoms with Gasteiger partial charge in [0.15, 0.2) is 0 Å². The Kier molecular flexibility index (Phi) is 4.89. The molecule has 5 nitrogen and oxygen atoms in total. The Labute approximate surface area is 152 Å². The molecular formula is C21H21N3O2. The van der Waals surface area contributed by atoms with Crippen molar-refractivity contribution in [2.24, 2.45) is 5.10 Å². The molecule has 0 bridgehead atoms. The molecule has 0 radical (unpaired) electrons. The van der Waals surface area contributed by atoms with Crippen LogP contribution < -0.4 is 5.43 Å². The zero-order valence-electron chi connectivity index (χ0n) is 15.0. The second-order valence-electron chi connectivity index (χ2n) is 6.20. The lowest BCUT2D eigenvalue weighted by Gasteiger charge is -2.13. The Morgan fingerprint density at radius 3 is 2.46 bits per heavy atom. The Morgan fingerprint density at radius 2 is 1.81 bits per heavy atom. The summed E-state index contributed by atoms with van der Waals surface area (Å²) in [5, 5.41) is 13.5. The van der Waals surface area contributed by atoms with Gasteiger partial charge < -0.3 is 9.67 Å². The molecule has 2 aromatic carbocycles. The van der Waals surface area contributed by atoms with Crippen LogP contribution in [0.15, 0.2) is 59.7 Å². The lowest BCUT2D eigenvalue weighted by atomic mass is 10.1. The predicted molar refractivity (Wildman–Crippen MR) is 105 cm³/mol. The van der Waals surface area contributed by atoms with E-state index in [0.717, 1.165) is 33.9 Å². The predicted octanol–water partition coefficient (Wildman–Crippen LogP) is 4.55. The maximum atomic E-state index is 11.1. The van der Waals surface area contributed by atoms with Crippen molar-refractivity contribution in [2.75, 3.05) is 5.43 Å². The van der Waals surface area contributed by atoms with Gasteiger partial charge >= 0.3 is 5.97 Å². The molecule has 5 heteroatoms. The van der Waals surface area contributed by atoms with Crippen molar-refractivity contribution in [1.82, 2.24) is 4.57 Å². The highest BCUT2D eigenvalue weighted by Crippen LogP contribution is 2.23. The molecule has 2 N–H and O–H groups in total. The first kappa shape index (κ1) is 17.5. The summed E-state index contributed by atoms with van der Waals surface area (Å²) < 4.78 is 2.12. The first-order valence-electron chi connectivity index (χ1n) is 8.35. The van der Waals surface area contributed by atoms with Crippen molar-refractivity contribution in [3.63, 3.8) is 0 Å². The molecule has 3 rings (SSSR count). The van der Waals surface area contributed by atoms with Crippen LogP contribution in [0, 0.1) is 20.8 Å². The van der Waals surface area contributed by atoms with E-state index in [1.165, 1.54) is 0 Å². The molecule has 1 heterocycles. The fourth-order valence-corrected chi connectivity index (χ4v) is 3.02. The smallest absolute Gasteiger partial charge is 0.335 e. The molecule has 0 aliphatic carbocycles. The molecule has 0 saturated carbocycles. The van der Waals surface area contributed by atoms with E-state index in [1.54, 1.807) is 18.3 Å². The normalized spacial score (nSPS) is 11.0. The monoisotopic (exact) mass is 347 g/mol. The van der Waals surface area contributed by atoms with Crippen LogP contribution in [0.5, 0.6) is 0 Å². The van der Waals surface area contributed by atoms with Crippen LogP contribution in [0.2, 0.25) is 0 Å². The van der Waals surface area contributed by atoms with Crippen molar-refractivity contribution in [3.05, 3.63) is 82.7 Å². The number of aromatic nitrogens is 1. The minimum atomic E-state index is -0.916. The summed E-state index contributed by atoms with van der Waals surface area (Å²) in [5.74, 6) is -0.916. The summed E-state index contributed by atoms with van der Waals surface area (Å²) in [4.78, 5) is 11.1. The van der Waals surface area contributed by atoms with Crippen molar-refractivity contribution >= 4 is 17.9 Å². The zero-order chi connectivity index (χ0) is 18.7. The molecule has 0 aliphatic heterocycles. The Hall–Kier alpha value is -3.34. The molecule has 0 atom stereocenters. The van der Waals surface area contributed by atoms with Gasteiger partial charge in [-0.1, -0.05) is 18.2 Å². The summed E-state index contributed by atoms with van der Waals surface area (Å²) in [5.41, 5.74) is 9.24. The summed E-state index contributed by atoms with van der Waals surface area (Å²) in [6.45, 7) is 5.98. The second kappa shape index (κ2) is 7.27. The van der Waals surface area contributed by atoms with Gasteiger partial charge in [0.1, 0.15) is 0 Å². The largest absolute Gasteiger partial charge is 0.478 e. The molecule has 0 spiro atoms. The number of carboxylic acids is 1. The highest BCUT2D eigenvalue weighted by molar-refractivity contribution is 5.88. The van der Waals surface area contributed by atoms with Gasteiger partial charge in [-0.05, 0) is 62.7 Å². The molecule has 132 valence electrons. The number of aryl methyl sites for hydroxylation is 2. The van der Waals surface area contributed by atoms with E-state index in [-0.39, 0.29) is 0 Å². The van der Waals surface area contributed by atoms with E-state index in [1.807, 2.05) is 57.2 Å². The van der Waals surface area contributed by atoms with Crippen molar-refractivity contribution in [2.45, 2.75) is 20.8 Å². The van der Waals surface area contributed by atoms with Gasteiger partial charge in [0.05, 0.1) is 17.5 Å². The Bertz CT molecular complexity index is 972. The maximum absolute atomic E-state index is 11.1. The molecule has 0 saturated heterocycles. The molecule has 0 aliphatic rings. The third-order valence-electron chi connectivity index (χ3n) is 4.33. The van der Waals surface area contributed by atoms with E-state index in [0.29, 0.717) is 5.56 Å². The minimum absolute atomic E-state index is 0.294. The number of benzene rings is 2. The standard InChI is InChI=1S/C21H21N3O2/c1-14-11-17(21(25)26)9-10-20(14)24-15(2)12-18(16(24)3)13-22-23-19-7-5-4-6-8-19/h4-13,23H,1-3H3,(H,25,26)/b22-13-. The number of hydrogen-bond donors (Lipinski definition) is 2. The average molecular weight is 347 g/mol. The highest BCUT2D eigenvalue weighted by atomic mass is 16.4. The molecule has 0 unspecified atom stereocenters. The molecular weight excluding hydrogens is 326 g/mol. The topological polar surface area (TPSA) is 66.6 Å². The van der Waals surface area contributed by atoms with Crippen molar-refractivity contribution in [1.29, 1.82) is 0 Å². The van der Waals surface area contributed by atoms with Crippen LogP contribution in [0.1, 0.15) is 32.9 Å². The number of aromatic carboxylic acids is 1. The number of nitrogens with one attached hydrogen (secondary N) is 1. The SMILES string of the molecule is Cc1cc(C(=O)O)ccc1-n1c(C)cc(/C=N\Nc2ccccc2)c1C. The van der Waals surface area contributed by atoms with Gasteiger partial charge in [-0.15, -0.1) is 0 Å². The molecule has 26 heavy (non-hydrogen) atoms. The van der Waals surface area contributed by atoms with Crippen LogP contribution in [0.25, 0.3) is 5.69 Å². The van der Waals surface area contributed by atoms with Gasteiger partial charge in [-0.25, -0.2) is 4.79 Å². The van der Waals surface area contributed by atoms with Gasteiger partial charge in [0.25, 0.3) is 0 Å². The summed E-state index contributed by atoms with van der Waals surface area (Å²) in [6.07, 6.45) is 1.80. The Morgan fingerprint density at radius 1 is 1.08 bits per heavy atom. The van der Waals surface area contributed by atoms with Crippen LogP contribution in [-0.4, -0.2) is 21.9 Å². The van der Waals surface area contributed by atoms with Crippen LogP contribution in [-0.2, 0) is 0 Å². The lowest BCUT2D eigenvalue weighted by Crippen LogP contribution is -2.04. The quantitative estimate of drug-likeness (QED) is 0.526. The number of hydrogen-bond acceptors (Lipinski definition) is 3. The number of para-hydroxylation sites is 1. The summed E-state index contributed by atoms with van der Waals surface area (Å²) in [7, 11) is 0. The number of nitrogens with zero attached hydrogens (tertiary/aromatic N) is 2. The third-order valence-corrected chi connectivity index (χ3v) is 4.33. The zero-order valence-corrected chi connectivity index (χ0v) is 15.0. The molecule has 1 aromatic heterocycles. The van der Waals surface area contributed by atoms with Crippen LogP contribution in [0.4, 0.5) is 5.69 Å². The van der Waals surface area contributed by atoms with Gasteiger partial charge in [-0.3, -0.25) is 5.43 Å².